The Bertz CT molecular complexity index is 1000. The maximum absolute atomic E-state index is 12.8. The van der Waals surface area contributed by atoms with Gasteiger partial charge in [-0.1, -0.05) is 0 Å². The lowest BCUT2D eigenvalue weighted by Gasteiger charge is -2.23. The number of hydrogen-bond donors (Lipinski definition) is 3. The summed E-state index contributed by atoms with van der Waals surface area (Å²) in [5, 5.41) is 11.7. The van der Waals surface area contributed by atoms with Gasteiger partial charge in [-0.25, -0.2) is 4.79 Å². The van der Waals surface area contributed by atoms with Crippen LogP contribution in [0.1, 0.15) is 19.3 Å². The van der Waals surface area contributed by atoms with Gasteiger partial charge in [-0.05, 0) is 55.4 Å². The van der Waals surface area contributed by atoms with Crippen LogP contribution in [0.25, 0.3) is 10.2 Å². The zero-order valence-corrected chi connectivity index (χ0v) is 16.0. The van der Waals surface area contributed by atoms with Crippen molar-refractivity contribution in [1.29, 1.82) is 0 Å². The molecule has 1 aromatic carbocycles. The number of carbonyl (C=O) groups excluding carboxylic acids is 1. The van der Waals surface area contributed by atoms with Gasteiger partial charge in [0.1, 0.15) is 0 Å². The third-order valence-corrected chi connectivity index (χ3v) is 5.11. The number of nitrogens with zero attached hydrogens (tertiary/aromatic N) is 2. The van der Waals surface area contributed by atoms with E-state index in [1.54, 1.807) is 29.4 Å². The smallest absolute Gasteiger partial charge is 0.326 e. The van der Waals surface area contributed by atoms with Crippen molar-refractivity contribution >= 4 is 57.1 Å². The van der Waals surface area contributed by atoms with Gasteiger partial charge >= 0.3 is 12.0 Å². The monoisotopic (exact) mass is 402 g/mol. The summed E-state index contributed by atoms with van der Waals surface area (Å²) in [6, 6.07) is 8.79. The molecule has 0 saturated carbocycles. The summed E-state index contributed by atoms with van der Waals surface area (Å²) in [6.45, 7) is 0.408. The SMILES string of the molecule is O=C(O)CCCCN(C(=O)Nc1ccncc1)c1ccc2[nH]c(=S)sc2c1. The lowest BCUT2D eigenvalue weighted by Crippen LogP contribution is -2.35. The van der Waals surface area contributed by atoms with E-state index >= 15 is 0 Å². The fourth-order valence-corrected chi connectivity index (χ4v) is 3.77. The molecule has 7 nitrogen and oxygen atoms in total. The van der Waals surface area contributed by atoms with E-state index in [4.69, 9.17) is 17.3 Å². The van der Waals surface area contributed by atoms with Gasteiger partial charge in [0.2, 0.25) is 0 Å². The maximum Gasteiger partial charge on any atom is 0.326 e. The minimum absolute atomic E-state index is 0.0814. The molecule has 0 saturated heterocycles. The number of anilines is 2. The minimum atomic E-state index is -0.837. The number of amides is 2. The Morgan fingerprint density at radius 3 is 2.74 bits per heavy atom. The third-order valence-electron chi connectivity index (χ3n) is 3.92. The van der Waals surface area contributed by atoms with Crippen molar-refractivity contribution in [2.45, 2.75) is 19.3 Å². The van der Waals surface area contributed by atoms with Gasteiger partial charge in [0, 0.05) is 36.7 Å². The summed E-state index contributed by atoms with van der Waals surface area (Å²) in [7, 11) is 0. The normalized spacial score (nSPS) is 10.7. The number of fused-ring (bicyclic) bond motifs is 1. The van der Waals surface area contributed by atoms with Crippen molar-refractivity contribution in [3.05, 3.63) is 46.7 Å². The Morgan fingerprint density at radius 1 is 1.22 bits per heavy atom. The molecule has 3 N–H and O–H groups in total. The molecule has 0 spiro atoms. The first-order chi connectivity index (χ1) is 13.0. The zero-order valence-electron chi connectivity index (χ0n) is 14.3. The molecule has 0 unspecified atom stereocenters. The molecule has 0 aliphatic heterocycles. The average Bonchev–Trinajstić information content (AvgIpc) is 3.01. The number of rotatable bonds is 7. The largest absolute Gasteiger partial charge is 0.481 e. The molecule has 3 aromatic rings. The number of thiazole rings is 1. The Kier molecular flexibility index (Phi) is 6.15. The van der Waals surface area contributed by atoms with E-state index in [0.717, 1.165) is 15.9 Å². The number of aromatic amines is 1. The number of urea groups is 1. The lowest BCUT2D eigenvalue weighted by atomic mass is 10.2. The summed E-state index contributed by atoms with van der Waals surface area (Å²) < 4.78 is 1.64. The van der Waals surface area contributed by atoms with Gasteiger partial charge in [-0.15, -0.1) is 11.3 Å². The highest BCUT2D eigenvalue weighted by atomic mass is 32.1. The molecular formula is C18H18N4O3S2. The number of carboxylic acid groups (broad SMARTS) is 1. The van der Waals surface area contributed by atoms with Crippen LogP contribution < -0.4 is 10.2 Å². The van der Waals surface area contributed by atoms with Crippen LogP contribution in [0.5, 0.6) is 0 Å². The summed E-state index contributed by atoms with van der Waals surface area (Å²) >= 11 is 6.63. The highest BCUT2D eigenvalue weighted by Crippen LogP contribution is 2.26. The fourth-order valence-electron chi connectivity index (χ4n) is 2.62. The average molecular weight is 403 g/mol. The van der Waals surface area contributed by atoms with E-state index in [1.165, 1.54) is 11.3 Å². The van der Waals surface area contributed by atoms with Crippen LogP contribution in [0.15, 0.2) is 42.7 Å². The lowest BCUT2D eigenvalue weighted by molar-refractivity contribution is -0.137. The highest BCUT2D eigenvalue weighted by molar-refractivity contribution is 7.73. The van der Waals surface area contributed by atoms with E-state index in [-0.39, 0.29) is 12.5 Å². The Labute approximate surface area is 164 Å². The van der Waals surface area contributed by atoms with Gasteiger partial charge in [-0.2, -0.15) is 0 Å². The number of carboxylic acids is 1. The number of benzene rings is 1. The molecule has 27 heavy (non-hydrogen) atoms. The fraction of sp³-hybridized carbons (Fsp3) is 0.222. The van der Waals surface area contributed by atoms with Crippen LogP contribution in [-0.2, 0) is 4.79 Å². The van der Waals surface area contributed by atoms with Crippen molar-refractivity contribution in [3.63, 3.8) is 0 Å². The molecule has 2 aromatic heterocycles. The molecule has 0 bridgehead atoms. The summed E-state index contributed by atoms with van der Waals surface area (Å²) in [5.74, 6) is -0.837. The van der Waals surface area contributed by atoms with Gasteiger partial charge < -0.3 is 15.4 Å². The van der Waals surface area contributed by atoms with E-state index in [9.17, 15) is 9.59 Å². The Hall–Kier alpha value is -2.78. The van der Waals surface area contributed by atoms with E-state index in [2.05, 4.69) is 15.3 Å². The molecule has 2 heterocycles. The molecule has 140 valence electrons. The van der Waals surface area contributed by atoms with Gasteiger partial charge in [0.15, 0.2) is 3.95 Å². The number of aromatic nitrogens is 2. The predicted octanol–water partition coefficient (Wildman–Crippen LogP) is 4.65. The van der Waals surface area contributed by atoms with Crippen molar-refractivity contribution in [2.75, 3.05) is 16.8 Å². The van der Waals surface area contributed by atoms with Crippen LogP contribution >= 0.6 is 23.6 Å². The van der Waals surface area contributed by atoms with Crippen LogP contribution in [0, 0.1) is 3.95 Å². The molecular weight excluding hydrogens is 384 g/mol. The quantitative estimate of drug-likeness (QED) is 0.395. The molecule has 0 radical (unpaired) electrons. The van der Waals surface area contributed by atoms with Crippen molar-refractivity contribution in [1.82, 2.24) is 9.97 Å². The van der Waals surface area contributed by atoms with E-state index < -0.39 is 5.97 Å². The van der Waals surface area contributed by atoms with Crippen LogP contribution in [0.4, 0.5) is 16.2 Å². The number of pyridine rings is 1. The van der Waals surface area contributed by atoms with Gasteiger partial charge in [-0.3, -0.25) is 14.7 Å². The van der Waals surface area contributed by atoms with Gasteiger partial charge in [0.25, 0.3) is 0 Å². The highest BCUT2D eigenvalue weighted by Gasteiger charge is 2.17. The number of carbonyl (C=O) groups is 2. The first kappa shape index (κ1) is 19.0. The molecule has 0 atom stereocenters. The second-order valence-electron chi connectivity index (χ2n) is 5.86. The first-order valence-corrected chi connectivity index (χ1v) is 9.58. The second-order valence-corrected chi connectivity index (χ2v) is 7.58. The Morgan fingerprint density at radius 2 is 2.00 bits per heavy atom. The Balaban J connectivity index is 1.81. The van der Waals surface area contributed by atoms with Crippen molar-refractivity contribution < 1.29 is 14.7 Å². The summed E-state index contributed by atoms with van der Waals surface area (Å²) in [6.07, 6.45) is 4.37. The number of nitrogens with one attached hydrogen (secondary N) is 2. The second kappa shape index (κ2) is 8.74. The van der Waals surface area contributed by atoms with Crippen molar-refractivity contribution in [3.8, 4) is 0 Å². The molecule has 0 aliphatic carbocycles. The van der Waals surface area contributed by atoms with Gasteiger partial charge in [0.05, 0.1) is 10.2 Å². The molecule has 3 rings (SSSR count). The van der Waals surface area contributed by atoms with Crippen LogP contribution in [-0.4, -0.2) is 33.6 Å². The zero-order chi connectivity index (χ0) is 19.2. The van der Waals surface area contributed by atoms with Crippen LogP contribution in [0.2, 0.25) is 0 Å². The first-order valence-electron chi connectivity index (χ1n) is 8.36. The standard InChI is InChI=1S/C18H18N4O3S2/c23-16(24)3-1-2-10-22(17(25)20-12-6-8-19-9-7-12)13-4-5-14-15(11-13)27-18(26)21-14/h4-9,11H,1-3,10H2,(H,21,26)(H,23,24)(H,19,20,25). The maximum atomic E-state index is 12.8. The minimum Gasteiger partial charge on any atom is -0.481 e. The molecule has 0 fully saturated rings. The number of aliphatic carboxylic acids is 1. The molecule has 9 heteroatoms. The van der Waals surface area contributed by atoms with E-state index in [0.29, 0.717) is 29.0 Å². The number of unbranched alkanes of at least 4 members (excludes halogenated alkanes) is 1. The summed E-state index contributed by atoms with van der Waals surface area (Å²) in [5.41, 5.74) is 2.30. The third kappa shape index (κ3) is 5.11. The van der Waals surface area contributed by atoms with E-state index in [1.807, 2.05) is 18.2 Å². The van der Waals surface area contributed by atoms with Crippen LogP contribution in [0.3, 0.4) is 0 Å². The molecule has 2 amide bonds. The number of H-pyrrole nitrogens is 1. The predicted molar refractivity (Wildman–Crippen MR) is 109 cm³/mol. The molecule has 0 aliphatic rings. The summed E-state index contributed by atoms with van der Waals surface area (Å²) in [4.78, 5) is 32.2. The topological polar surface area (TPSA) is 98.3 Å². The number of hydrogen-bond acceptors (Lipinski definition) is 5. The van der Waals surface area contributed by atoms with Crippen molar-refractivity contribution in [2.24, 2.45) is 0 Å².